The molecule has 1 aromatic carbocycles. The summed E-state index contributed by atoms with van der Waals surface area (Å²) in [5.41, 5.74) is 2.07. The molecule has 18 heavy (non-hydrogen) atoms. The minimum absolute atomic E-state index is 0.705. The fraction of sp³-hybridized carbons (Fsp3) is 0.308. The molecule has 0 radical (unpaired) electrons. The molecule has 0 spiro atoms. The summed E-state index contributed by atoms with van der Waals surface area (Å²) in [6, 6.07) is 5.94. The van der Waals surface area contributed by atoms with Gasteiger partial charge in [-0.25, -0.2) is 0 Å². The summed E-state index contributed by atoms with van der Waals surface area (Å²) in [7, 11) is 0. The van der Waals surface area contributed by atoms with Gasteiger partial charge in [0.05, 0.1) is 20.7 Å². The van der Waals surface area contributed by atoms with Crippen LogP contribution >= 0.6 is 27.5 Å². The largest absolute Gasteiger partial charge is 0.367 e. The van der Waals surface area contributed by atoms with Crippen molar-refractivity contribution in [2.45, 2.75) is 0 Å². The van der Waals surface area contributed by atoms with Crippen molar-refractivity contribution in [3.8, 4) is 0 Å². The van der Waals surface area contributed by atoms with Crippen molar-refractivity contribution in [2.75, 3.05) is 31.1 Å². The molecule has 0 atom stereocenters. The molecule has 0 amide bonds. The van der Waals surface area contributed by atoms with Crippen LogP contribution < -0.4 is 10.2 Å². The minimum Gasteiger partial charge on any atom is -0.367 e. The smallest absolute Gasteiger partial charge is 0.0909 e. The Morgan fingerprint density at radius 1 is 1.28 bits per heavy atom. The number of pyridine rings is 1. The molecule has 3 nitrogen and oxygen atoms in total. The number of piperazine rings is 1. The SMILES string of the molecule is Clc1cccc2c(N3CCNCC3)c(Br)cnc12. The molecule has 1 N–H and O–H groups in total. The zero-order chi connectivity index (χ0) is 12.5. The van der Waals surface area contributed by atoms with Gasteiger partial charge in [-0.2, -0.15) is 0 Å². The summed E-state index contributed by atoms with van der Waals surface area (Å²) in [5, 5.41) is 5.18. The quantitative estimate of drug-likeness (QED) is 0.873. The highest BCUT2D eigenvalue weighted by Gasteiger charge is 2.17. The summed E-state index contributed by atoms with van der Waals surface area (Å²) in [5.74, 6) is 0. The topological polar surface area (TPSA) is 28.2 Å². The second kappa shape index (κ2) is 5.03. The number of nitrogens with one attached hydrogen (secondary N) is 1. The van der Waals surface area contributed by atoms with Crippen molar-refractivity contribution >= 4 is 44.1 Å². The number of benzene rings is 1. The van der Waals surface area contributed by atoms with Crippen LogP contribution in [0.3, 0.4) is 0 Å². The highest BCUT2D eigenvalue weighted by Crippen LogP contribution is 2.35. The average Bonchev–Trinajstić information content (AvgIpc) is 2.40. The van der Waals surface area contributed by atoms with Gasteiger partial charge in [0.15, 0.2) is 0 Å². The van der Waals surface area contributed by atoms with Gasteiger partial charge >= 0.3 is 0 Å². The molecule has 1 aliphatic heterocycles. The second-order valence-electron chi connectivity index (χ2n) is 4.33. The normalized spacial score (nSPS) is 16.2. The van der Waals surface area contributed by atoms with E-state index < -0.39 is 0 Å². The average molecular weight is 327 g/mol. The van der Waals surface area contributed by atoms with Gasteiger partial charge in [-0.3, -0.25) is 4.98 Å². The molecule has 0 bridgehead atoms. The van der Waals surface area contributed by atoms with E-state index >= 15 is 0 Å². The molecule has 2 aromatic rings. The predicted molar refractivity (Wildman–Crippen MR) is 79.5 cm³/mol. The van der Waals surface area contributed by atoms with E-state index in [-0.39, 0.29) is 0 Å². The Morgan fingerprint density at radius 3 is 2.83 bits per heavy atom. The first kappa shape index (κ1) is 12.2. The number of rotatable bonds is 1. The molecule has 0 unspecified atom stereocenters. The van der Waals surface area contributed by atoms with Gasteiger partial charge in [0.1, 0.15) is 0 Å². The summed E-state index contributed by atoms with van der Waals surface area (Å²) in [6.07, 6.45) is 1.84. The van der Waals surface area contributed by atoms with Crippen LogP contribution in [0.1, 0.15) is 0 Å². The van der Waals surface area contributed by atoms with Gasteiger partial charge in [0, 0.05) is 37.8 Å². The van der Waals surface area contributed by atoms with Crippen LogP contribution in [0.5, 0.6) is 0 Å². The monoisotopic (exact) mass is 325 g/mol. The molecule has 94 valence electrons. The lowest BCUT2D eigenvalue weighted by molar-refractivity contribution is 0.589. The van der Waals surface area contributed by atoms with E-state index in [0.717, 1.165) is 41.6 Å². The molecule has 0 aliphatic carbocycles. The molecular weight excluding hydrogens is 314 g/mol. The highest BCUT2D eigenvalue weighted by atomic mass is 79.9. The van der Waals surface area contributed by atoms with Crippen LogP contribution in [0.2, 0.25) is 5.02 Å². The zero-order valence-electron chi connectivity index (χ0n) is 9.79. The molecular formula is C13H13BrClN3. The fourth-order valence-corrected chi connectivity index (χ4v) is 3.15. The first-order chi connectivity index (χ1) is 8.77. The van der Waals surface area contributed by atoms with E-state index in [1.807, 2.05) is 18.3 Å². The number of nitrogens with zero attached hydrogens (tertiary/aromatic N) is 2. The van der Waals surface area contributed by atoms with Crippen LogP contribution in [0, 0.1) is 0 Å². The molecule has 1 aliphatic rings. The number of para-hydroxylation sites is 1. The number of halogens is 2. The standard InChI is InChI=1S/C13H13BrClN3/c14-10-8-17-12-9(2-1-3-11(12)15)13(10)18-6-4-16-5-7-18/h1-3,8,16H,4-7H2. The number of fused-ring (bicyclic) bond motifs is 1. The lowest BCUT2D eigenvalue weighted by Crippen LogP contribution is -2.43. The van der Waals surface area contributed by atoms with Gasteiger partial charge in [0.2, 0.25) is 0 Å². The number of aromatic nitrogens is 1. The van der Waals surface area contributed by atoms with Gasteiger partial charge in [-0.05, 0) is 22.0 Å². The van der Waals surface area contributed by atoms with Gasteiger partial charge in [-0.1, -0.05) is 23.7 Å². The van der Waals surface area contributed by atoms with Crippen molar-refractivity contribution in [1.82, 2.24) is 10.3 Å². The fourth-order valence-electron chi connectivity index (χ4n) is 2.36. The minimum atomic E-state index is 0.705. The maximum atomic E-state index is 6.21. The maximum absolute atomic E-state index is 6.21. The van der Waals surface area contributed by atoms with Crippen molar-refractivity contribution in [1.29, 1.82) is 0 Å². The molecule has 1 fully saturated rings. The van der Waals surface area contributed by atoms with E-state index in [1.165, 1.54) is 5.69 Å². The molecule has 1 aromatic heterocycles. The van der Waals surface area contributed by atoms with E-state index in [0.29, 0.717) is 5.02 Å². The first-order valence-electron chi connectivity index (χ1n) is 5.96. The van der Waals surface area contributed by atoms with Crippen LogP contribution in [0.25, 0.3) is 10.9 Å². The number of hydrogen-bond acceptors (Lipinski definition) is 3. The summed E-state index contributed by atoms with van der Waals surface area (Å²) in [6.45, 7) is 4.03. The Labute approximate surface area is 119 Å². The lowest BCUT2D eigenvalue weighted by atomic mass is 10.1. The number of anilines is 1. The molecule has 2 heterocycles. The third kappa shape index (κ3) is 2.09. The van der Waals surface area contributed by atoms with Gasteiger partial charge in [-0.15, -0.1) is 0 Å². The Kier molecular flexibility index (Phi) is 3.41. The van der Waals surface area contributed by atoms with Crippen LogP contribution in [0.15, 0.2) is 28.9 Å². The molecule has 5 heteroatoms. The molecule has 1 saturated heterocycles. The lowest BCUT2D eigenvalue weighted by Gasteiger charge is -2.31. The number of hydrogen-bond donors (Lipinski definition) is 1. The zero-order valence-corrected chi connectivity index (χ0v) is 12.1. The Hall–Kier alpha value is -0.840. The van der Waals surface area contributed by atoms with E-state index in [4.69, 9.17) is 11.6 Å². The third-order valence-electron chi connectivity index (χ3n) is 3.21. The van der Waals surface area contributed by atoms with Crippen molar-refractivity contribution in [3.05, 3.63) is 33.9 Å². The molecule has 0 saturated carbocycles. The Morgan fingerprint density at radius 2 is 2.06 bits per heavy atom. The second-order valence-corrected chi connectivity index (χ2v) is 5.59. The highest BCUT2D eigenvalue weighted by molar-refractivity contribution is 9.10. The predicted octanol–water partition coefficient (Wildman–Crippen LogP) is 3.06. The third-order valence-corrected chi connectivity index (χ3v) is 4.09. The maximum Gasteiger partial charge on any atom is 0.0909 e. The first-order valence-corrected chi connectivity index (χ1v) is 7.13. The van der Waals surface area contributed by atoms with Gasteiger partial charge < -0.3 is 10.2 Å². The summed E-state index contributed by atoms with van der Waals surface area (Å²) < 4.78 is 1.03. The summed E-state index contributed by atoms with van der Waals surface area (Å²) in [4.78, 5) is 6.79. The van der Waals surface area contributed by atoms with Crippen molar-refractivity contribution < 1.29 is 0 Å². The van der Waals surface area contributed by atoms with E-state index in [1.54, 1.807) is 0 Å². The molecule has 3 rings (SSSR count). The van der Waals surface area contributed by atoms with Crippen LogP contribution in [-0.2, 0) is 0 Å². The van der Waals surface area contributed by atoms with Crippen LogP contribution in [0.4, 0.5) is 5.69 Å². The van der Waals surface area contributed by atoms with Crippen molar-refractivity contribution in [2.24, 2.45) is 0 Å². The summed E-state index contributed by atoms with van der Waals surface area (Å²) >= 11 is 9.82. The van der Waals surface area contributed by atoms with E-state index in [2.05, 4.69) is 37.2 Å². The van der Waals surface area contributed by atoms with Crippen LogP contribution in [-0.4, -0.2) is 31.2 Å². The Bertz CT molecular complexity index is 582. The van der Waals surface area contributed by atoms with Gasteiger partial charge in [0.25, 0.3) is 0 Å². The Balaban J connectivity index is 2.19. The van der Waals surface area contributed by atoms with Crippen molar-refractivity contribution in [3.63, 3.8) is 0 Å². The van der Waals surface area contributed by atoms with E-state index in [9.17, 15) is 0 Å².